The zero-order chi connectivity index (χ0) is 29.1. The molecule has 0 saturated carbocycles. The average molecular weight is 554 g/mol. The van der Waals surface area contributed by atoms with E-state index in [1.165, 1.54) is 24.4 Å². The van der Waals surface area contributed by atoms with E-state index in [4.69, 9.17) is 10.00 Å². The number of ether oxygens (including phenoxy) is 1. The van der Waals surface area contributed by atoms with Gasteiger partial charge in [0.25, 0.3) is 11.8 Å². The zero-order valence-electron chi connectivity index (χ0n) is 22.0. The van der Waals surface area contributed by atoms with Crippen LogP contribution in [0.2, 0.25) is 0 Å². The summed E-state index contributed by atoms with van der Waals surface area (Å²) in [7, 11) is 0. The van der Waals surface area contributed by atoms with Gasteiger partial charge in [-0.2, -0.15) is 10.4 Å². The molecule has 0 saturated heterocycles. The Bertz CT molecular complexity index is 1760. The highest BCUT2D eigenvalue weighted by molar-refractivity contribution is 5.98. The Morgan fingerprint density at radius 2 is 2.10 bits per heavy atom. The second kappa shape index (κ2) is 11.4. The van der Waals surface area contributed by atoms with Gasteiger partial charge in [-0.25, -0.2) is 23.7 Å². The SMILES string of the molecule is C=CCOC(=O)c1ccc2c(c1C)CC[C@@H]2NC(=O)c1cc(C(=O)NCc2ccnc(C#N)c2)nc2c(F)cnn12. The van der Waals surface area contributed by atoms with Crippen molar-refractivity contribution in [2.75, 3.05) is 6.61 Å². The van der Waals surface area contributed by atoms with Crippen molar-refractivity contribution in [1.82, 2.24) is 30.2 Å². The fourth-order valence-corrected chi connectivity index (χ4v) is 4.83. The van der Waals surface area contributed by atoms with E-state index in [0.717, 1.165) is 27.4 Å². The maximum atomic E-state index is 14.5. The summed E-state index contributed by atoms with van der Waals surface area (Å²) in [4.78, 5) is 46.8. The molecule has 1 aromatic carbocycles. The van der Waals surface area contributed by atoms with Crippen LogP contribution in [0.5, 0.6) is 0 Å². The van der Waals surface area contributed by atoms with Crippen molar-refractivity contribution in [3.05, 3.63) is 106 Å². The van der Waals surface area contributed by atoms with E-state index in [2.05, 4.69) is 32.3 Å². The van der Waals surface area contributed by atoms with E-state index in [0.29, 0.717) is 24.0 Å². The number of hydrogen-bond donors (Lipinski definition) is 2. The van der Waals surface area contributed by atoms with Crippen LogP contribution < -0.4 is 10.6 Å². The number of esters is 1. The topological polar surface area (TPSA) is 151 Å². The highest BCUT2D eigenvalue weighted by Crippen LogP contribution is 2.35. The Labute approximate surface area is 233 Å². The monoisotopic (exact) mass is 553 g/mol. The van der Waals surface area contributed by atoms with Gasteiger partial charge >= 0.3 is 5.97 Å². The molecule has 1 atom stereocenters. The fourth-order valence-electron chi connectivity index (χ4n) is 4.83. The number of nitrogens with one attached hydrogen (secondary N) is 2. The number of fused-ring (bicyclic) bond motifs is 2. The second-order valence-electron chi connectivity index (χ2n) is 9.36. The number of amides is 2. The van der Waals surface area contributed by atoms with Crippen LogP contribution in [0.4, 0.5) is 4.39 Å². The Kier molecular flexibility index (Phi) is 7.51. The zero-order valence-corrected chi connectivity index (χ0v) is 22.0. The summed E-state index contributed by atoms with van der Waals surface area (Å²) < 4.78 is 20.7. The quantitative estimate of drug-likeness (QED) is 0.249. The Hall–Kier alpha value is -5.44. The van der Waals surface area contributed by atoms with E-state index < -0.39 is 23.6 Å². The van der Waals surface area contributed by atoms with Crippen molar-refractivity contribution in [3.63, 3.8) is 0 Å². The van der Waals surface area contributed by atoms with Crippen LogP contribution in [0.1, 0.15) is 71.7 Å². The normalized spacial score (nSPS) is 13.7. The lowest BCUT2D eigenvalue weighted by Crippen LogP contribution is -2.30. The number of carbonyl (C=O) groups excluding carboxylic acids is 3. The molecule has 5 rings (SSSR count). The van der Waals surface area contributed by atoms with Gasteiger partial charge in [0, 0.05) is 18.8 Å². The lowest BCUT2D eigenvalue weighted by atomic mass is 9.98. The molecule has 41 heavy (non-hydrogen) atoms. The van der Waals surface area contributed by atoms with E-state index >= 15 is 0 Å². The minimum Gasteiger partial charge on any atom is -0.458 e. The van der Waals surface area contributed by atoms with Gasteiger partial charge in [0.1, 0.15) is 29.8 Å². The van der Waals surface area contributed by atoms with Gasteiger partial charge in [-0.3, -0.25) is 9.59 Å². The summed E-state index contributed by atoms with van der Waals surface area (Å²) in [5.74, 6) is -2.46. The van der Waals surface area contributed by atoms with Gasteiger partial charge in [-0.05, 0) is 60.2 Å². The summed E-state index contributed by atoms with van der Waals surface area (Å²) in [6, 6.07) is 9.42. The van der Waals surface area contributed by atoms with Gasteiger partial charge in [0.2, 0.25) is 0 Å². The number of rotatable bonds is 8. The van der Waals surface area contributed by atoms with E-state index in [1.807, 2.05) is 13.0 Å². The summed E-state index contributed by atoms with van der Waals surface area (Å²) >= 11 is 0. The van der Waals surface area contributed by atoms with Crippen LogP contribution in [0.15, 0.2) is 55.4 Å². The van der Waals surface area contributed by atoms with Gasteiger partial charge in [0.05, 0.1) is 17.8 Å². The number of hydrogen-bond acceptors (Lipinski definition) is 8. The average Bonchev–Trinajstić information content (AvgIpc) is 3.57. The van der Waals surface area contributed by atoms with Crippen LogP contribution in [0.3, 0.4) is 0 Å². The standard InChI is InChI=1S/C29H24FN7O4/c1-3-10-41-29(40)20-4-5-21-19(16(20)2)6-7-23(21)36-28(39)25-12-24(35-26-22(30)15-34-37(25)26)27(38)33-14-17-8-9-32-18(11-17)13-31/h3-5,8-9,11-12,15,23H,1,6-7,10,14H2,2H3,(H,33,38)(H,36,39)/t23-/m0/s1. The number of nitriles is 1. The molecule has 1 aliphatic carbocycles. The van der Waals surface area contributed by atoms with E-state index in [1.54, 1.807) is 18.2 Å². The molecule has 4 aromatic rings. The molecule has 0 unspecified atom stereocenters. The minimum atomic E-state index is -0.792. The predicted octanol–water partition coefficient (Wildman–Crippen LogP) is 3.13. The third kappa shape index (κ3) is 5.38. The molecule has 0 aliphatic heterocycles. The Balaban J connectivity index is 1.38. The molecular weight excluding hydrogens is 529 g/mol. The van der Waals surface area contributed by atoms with E-state index in [-0.39, 0.29) is 41.9 Å². The number of pyridine rings is 1. The Morgan fingerprint density at radius 1 is 1.27 bits per heavy atom. The van der Waals surface area contributed by atoms with Crippen molar-refractivity contribution >= 4 is 23.4 Å². The maximum Gasteiger partial charge on any atom is 0.338 e. The van der Waals surface area contributed by atoms with Crippen LogP contribution in [-0.4, -0.2) is 44.0 Å². The molecule has 2 N–H and O–H groups in total. The lowest BCUT2D eigenvalue weighted by molar-refractivity contribution is 0.0548. The highest BCUT2D eigenvalue weighted by Gasteiger charge is 2.29. The van der Waals surface area contributed by atoms with E-state index in [9.17, 15) is 18.8 Å². The van der Waals surface area contributed by atoms with Crippen LogP contribution in [0, 0.1) is 24.1 Å². The minimum absolute atomic E-state index is 0.0630. The molecule has 11 nitrogen and oxygen atoms in total. The molecular formula is C29H24FN7O4. The molecule has 3 heterocycles. The molecule has 2 amide bonds. The first kappa shape index (κ1) is 27.1. The fraction of sp³-hybridized carbons (Fsp3) is 0.207. The van der Waals surface area contributed by atoms with Gasteiger partial charge in [-0.15, -0.1) is 0 Å². The maximum absolute atomic E-state index is 14.5. The smallest absolute Gasteiger partial charge is 0.338 e. The number of halogens is 1. The molecule has 1 aliphatic rings. The molecule has 12 heteroatoms. The third-order valence-corrected chi connectivity index (χ3v) is 6.84. The first-order chi connectivity index (χ1) is 19.8. The summed E-state index contributed by atoms with van der Waals surface area (Å²) in [6.07, 6.45) is 5.08. The number of aromatic nitrogens is 4. The van der Waals surface area contributed by atoms with Gasteiger partial charge in [-0.1, -0.05) is 18.7 Å². The van der Waals surface area contributed by atoms with Crippen LogP contribution in [-0.2, 0) is 17.7 Å². The molecule has 0 spiro atoms. The van der Waals surface area contributed by atoms with Crippen molar-refractivity contribution in [2.24, 2.45) is 0 Å². The molecule has 3 aromatic heterocycles. The van der Waals surface area contributed by atoms with Crippen molar-refractivity contribution in [3.8, 4) is 6.07 Å². The Morgan fingerprint density at radius 3 is 2.88 bits per heavy atom. The first-order valence-electron chi connectivity index (χ1n) is 12.7. The summed E-state index contributed by atoms with van der Waals surface area (Å²) in [5.41, 5.74) is 3.34. The molecule has 0 fully saturated rings. The number of nitrogens with zero attached hydrogens (tertiary/aromatic N) is 5. The molecule has 0 radical (unpaired) electrons. The summed E-state index contributed by atoms with van der Waals surface area (Å²) in [5, 5.41) is 18.6. The van der Waals surface area contributed by atoms with Crippen LogP contribution in [0.25, 0.3) is 5.65 Å². The molecule has 206 valence electrons. The highest BCUT2D eigenvalue weighted by atomic mass is 19.1. The molecule has 0 bridgehead atoms. The van der Waals surface area contributed by atoms with Crippen molar-refractivity contribution in [1.29, 1.82) is 5.26 Å². The second-order valence-corrected chi connectivity index (χ2v) is 9.36. The number of carbonyl (C=O) groups is 3. The number of benzene rings is 1. The van der Waals surface area contributed by atoms with Crippen molar-refractivity contribution in [2.45, 2.75) is 32.4 Å². The van der Waals surface area contributed by atoms with Gasteiger partial charge < -0.3 is 15.4 Å². The first-order valence-corrected chi connectivity index (χ1v) is 12.7. The lowest BCUT2D eigenvalue weighted by Gasteiger charge is -2.16. The van der Waals surface area contributed by atoms with Crippen molar-refractivity contribution < 1.29 is 23.5 Å². The largest absolute Gasteiger partial charge is 0.458 e. The summed E-state index contributed by atoms with van der Waals surface area (Å²) in [6.45, 7) is 5.56. The predicted molar refractivity (Wildman–Crippen MR) is 143 cm³/mol. The third-order valence-electron chi connectivity index (χ3n) is 6.84. The van der Waals surface area contributed by atoms with Gasteiger partial charge in [0.15, 0.2) is 11.5 Å². The van der Waals surface area contributed by atoms with Crippen LogP contribution >= 0.6 is 0 Å².